The summed E-state index contributed by atoms with van der Waals surface area (Å²) >= 11 is 5.98. The third kappa shape index (κ3) is 4.47. The van der Waals surface area contributed by atoms with Gasteiger partial charge in [0.25, 0.3) is 0 Å². The van der Waals surface area contributed by atoms with Gasteiger partial charge in [-0.25, -0.2) is 0 Å². The minimum atomic E-state index is -0.207. The molecular weight excluding hydrogens is 388 g/mol. The number of amides is 1. The van der Waals surface area contributed by atoms with Crippen LogP contribution in [-0.4, -0.2) is 10.5 Å². The van der Waals surface area contributed by atoms with Crippen LogP contribution in [0.4, 0.5) is 5.69 Å². The summed E-state index contributed by atoms with van der Waals surface area (Å²) in [6.45, 7) is 0.0701. The van der Waals surface area contributed by atoms with Crippen molar-refractivity contribution >= 4 is 34.1 Å². The number of rotatable bonds is 5. The predicted molar refractivity (Wildman–Crippen MR) is 115 cm³/mol. The topological polar surface area (TPSA) is 60.3 Å². The van der Waals surface area contributed by atoms with E-state index in [4.69, 9.17) is 16.3 Å². The highest BCUT2D eigenvalue weighted by atomic mass is 35.5. The van der Waals surface area contributed by atoms with Gasteiger partial charge in [0.1, 0.15) is 18.0 Å². The van der Waals surface area contributed by atoms with Gasteiger partial charge < -0.3 is 14.6 Å². The van der Waals surface area contributed by atoms with E-state index in [1.165, 1.54) is 6.07 Å². The first-order valence-corrected chi connectivity index (χ1v) is 9.38. The Morgan fingerprint density at radius 1 is 0.931 bits per heavy atom. The minimum Gasteiger partial charge on any atom is -0.457 e. The van der Waals surface area contributed by atoms with Gasteiger partial charge in [-0.1, -0.05) is 29.8 Å². The molecular formula is C23H17ClN2O3. The molecule has 1 heterocycles. The highest BCUT2D eigenvalue weighted by Crippen LogP contribution is 2.23. The Hall–Kier alpha value is -3.57. The van der Waals surface area contributed by atoms with Crippen LogP contribution in [0.2, 0.25) is 5.02 Å². The Kier molecular flexibility index (Phi) is 5.31. The van der Waals surface area contributed by atoms with Crippen LogP contribution in [0.3, 0.4) is 0 Å². The van der Waals surface area contributed by atoms with E-state index in [0.717, 1.165) is 5.75 Å². The first-order valence-electron chi connectivity index (χ1n) is 9.00. The van der Waals surface area contributed by atoms with Gasteiger partial charge in [0, 0.05) is 28.4 Å². The molecule has 0 atom stereocenters. The average molecular weight is 405 g/mol. The van der Waals surface area contributed by atoms with E-state index < -0.39 is 0 Å². The summed E-state index contributed by atoms with van der Waals surface area (Å²) in [4.78, 5) is 24.5. The normalized spacial score (nSPS) is 10.7. The number of halogens is 1. The predicted octanol–water partition coefficient (Wildman–Crippen LogP) is 5.09. The fraction of sp³-hybridized carbons (Fsp3) is 0.0435. The summed E-state index contributed by atoms with van der Waals surface area (Å²) in [6.07, 6.45) is 1.61. The minimum absolute atomic E-state index is 0.0701. The third-order valence-electron chi connectivity index (χ3n) is 4.37. The maximum atomic E-state index is 12.5. The number of fused-ring (bicyclic) bond motifs is 1. The monoisotopic (exact) mass is 404 g/mol. The summed E-state index contributed by atoms with van der Waals surface area (Å²) in [5.74, 6) is 1.22. The fourth-order valence-corrected chi connectivity index (χ4v) is 3.18. The standard InChI is InChI=1S/C23H17ClN2O3/c24-16-6-11-21-20(14-16)22(27)12-13-26(21)15-23(28)25-17-7-9-19(10-8-17)29-18-4-2-1-3-5-18/h1-14H,15H2,(H,25,28). The number of para-hydroxylation sites is 1. The van der Waals surface area contributed by atoms with E-state index in [0.29, 0.717) is 27.4 Å². The highest BCUT2D eigenvalue weighted by molar-refractivity contribution is 6.31. The number of aromatic nitrogens is 1. The molecule has 0 aliphatic heterocycles. The lowest BCUT2D eigenvalue weighted by Crippen LogP contribution is -2.20. The largest absolute Gasteiger partial charge is 0.457 e. The van der Waals surface area contributed by atoms with Crippen molar-refractivity contribution in [1.29, 1.82) is 0 Å². The molecule has 0 spiro atoms. The second kappa shape index (κ2) is 8.20. The first kappa shape index (κ1) is 18.8. The number of anilines is 1. The summed E-state index contributed by atoms with van der Waals surface area (Å²) in [6, 6.07) is 23.1. The lowest BCUT2D eigenvalue weighted by molar-refractivity contribution is -0.116. The highest BCUT2D eigenvalue weighted by Gasteiger charge is 2.08. The van der Waals surface area contributed by atoms with E-state index in [1.54, 1.807) is 53.2 Å². The molecule has 0 aliphatic carbocycles. The Balaban J connectivity index is 1.46. The van der Waals surface area contributed by atoms with Crippen LogP contribution in [-0.2, 0) is 11.3 Å². The van der Waals surface area contributed by atoms with Crippen molar-refractivity contribution in [2.45, 2.75) is 6.54 Å². The van der Waals surface area contributed by atoms with Crippen molar-refractivity contribution in [1.82, 2.24) is 4.57 Å². The molecule has 0 saturated carbocycles. The van der Waals surface area contributed by atoms with Crippen LogP contribution >= 0.6 is 11.6 Å². The van der Waals surface area contributed by atoms with E-state index in [2.05, 4.69) is 5.32 Å². The molecule has 0 fully saturated rings. The van der Waals surface area contributed by atoms with Crippen LogP contribution in [0.25, 0.3) is 10.9 Å². The fourth-order valence-electron chi connectivity index (χ4n) is 3.01. The molecule has 0 saturated heterocycles. The van der Waals surface area contributed by atoms with Crippen molar-refractivity contribution in [2.24, 2.45) is 0 Å². The van der Waals surface area contributed by atoms with Crippen LogP contribution in [0.5, 0.6) is 11.5 Å². The summed E-state index contributed by atoms with van der Waals surface area (Å²) < 4.78 is 7.46. The molecule has 1 N–H and O–H groups in total. The number of benzene rings is 3. The average Bonchev–Trinajstić information content (AvgIpc) is 2.72. The second-order valence-electron chi connectivity index (χ2n) is 6.46. The van der Waals surface area contributed by atoms with Gasteiger partial charge in [-0.15, -0.1) is 0 Å². The van der Waals surface area contributed by atoms with Crippen LogP contribution in [0.1, 0.15) is 0 Å². The molecule has 0 bridgehead atoms. The number of hydrogen-bond acceptors (Lipinski definition) is 3. The summed E-state index contributed by atoms with van der Waals surface area (Å²) in [5.41, 5.74) is 1.18. The van der Waals surface area contributed by atoms with Crippen LogP contribution in [0, 0.1) is 0 Å². The van der Waals surface area contributed by atoms with Gasteiger partial charge in [-0.05, 0) is 54.6 Å². The van der Waals surface area contributed by atoms with Gasteiger partial charge in [-0.3, -0.25) is 9.59 Å². The van der Waals surface area contributed by atoms with E-state index in [-0.39, 0.29) is 17.9 Å². The SMILES string of the molecule is O=C(Cn1ccc(=O)c2cc(Cl)ccc21)Nc1ccc(Oc2ccccc2)cc1. The smallest absolute Gasteiger partial charge is 0.244 e. The van der Waals surface area contributed by atoms with Crippen molar-refractivity contribution < 1.29 is 9.53 Å². The Morgan fingerprint density at radius 3 is 2.41 bits per heavy atom. The van der Waals surface area contributed by atoms with E-state index >= 15 is 0 Å². The number of ether oxygens (including phenoxy) is 1. The van der Waals surface area contributed by atoms with Crippen LogP contribution in [0.15, 0.2) is 89.9 Å². The molecule has 1 aromatic heterocycles. The number of hydrogen-bond donors (Lipinski definition) is 1. The number of nitrogens with zero attached hydrogens (tertiary/aromatic N) is 1. The number of carbonyl (C=O) groups is 1. The zero-order valence-electron chi connectivity index (χ0n) is 15.3. The number of carbonyl (C=O) groups excluding carboxylic acids is 1. The molecule has 0 unspecified atom stereocenters. The first-order chi connectivity index (χ1) is 14.1. The number of pyridine rings is 1. The van der Waals surface area contributed by atoms with Gasteiger partial charge >= 0.3 is 0 Å². The third-order valence-corrected chi connectivity index (χ3v) is 4.61. The lowest BCUT2D eigenvalue weighted by atomic mass is 10.2. The maximum Gasteiger partial charge on any atom is 0.244 e. The van der Waals surface area contributed by atoms with Gasteiger partial charge in [0.05, 0.1) is 5.52 Å². The molecule has 144 valence electrons. The van der Waals surface area contributed by atoms with Crippen molar-refractivity contribution in [3.05, 3.63) is 100 Å². The second-order valence-corrected chi connectivity index (χ2v) is 6.89. The Labute approximate surface area is 172 Å². The summed E-state index contributed by atoms with van der Waals surface area (Å²) in [5, 5.41) is 3.82. The van der Waals surface area contributed by atoms with Crippen molar-refractivity contribution in [2.75, 3.05) is 5.32 Å². The maximum absolute atomic E-state index is 12.5. The molecule has 1 amide bonds. The molecule has 29 heavy (non-hydrogen) atoms. The Bertz CT molecular complexity index is 1220. The quantitative estimate of drug-likeness (QED) is 0.504. The van der Waals surface area contributed by atoms with Crippen molar-refractivity contribution in [3.8, 4) is 11.5 Å². The molecule has 4 aromatic rings. The molecule has 5 nitrogen and oxygen atoms in total. The van der Waals surface area contributed by atoms with E-state index in [1.807, 2.05) is 30.3 Å². The number of nitrogens with one attached hydrogen (secondary N) is 1. The van der Waals surface area contributed by atoms with Crippen LogP contribution < -0.4 is 15.5 Å². The summed E-state index contributed by atoms with van der Waals surface area (Å²) in [7, 11) is 0. The lowest BCUT2D eigenvalue weighted by Gasteiger charge is -2.12. The Morgan fingerprint density at radius 2 is 1.66 bits per heavy atom. The zero-order chi connectivity index (χ0) is 20.2. The van der Waals surface area contributed by atoms with Crippen molar-refractivity contribution in [3.63, 3.8) is 0 Å². The molecule has 6 heteroatoms. The molecule has 3 aromatic carbocycles. The molecule has 0 radical (unpaired) electrons. The molecule has 4 rings (SSSR count). The van der Waals surface area contributed by atoms with E-state index in [9.17, 15) is 9.59 Å². The molecule has 0 aliphatic rings. The zero-order valence-corrected chi connectivity index (χ0v) is 16.1. The van der Waals surface area contributed by atoms with Gasteiger partial charge in [0.2, 0.25) is 5.91 Å². The van der Waals surface area contributed by atoms with Gasteiger partial charge in [-0.2, -0.15) is 0 Å². The van der Waals surface area contributed by atoms with Gasteiger partial charge in [0.15, 0.2) is 5.43 Å².